The van der Waals surface area contributed by atoms with E-state index in [2.05, 4.69) is 4.98 Å². The van der Waals surface area contributed by atoms with Crippen LogP contribution in [-0.2, 0) is 16.0 Å². The van der Waals surface area contributed by atoms with Crippen LogP contribution < -0.4 is 0 Å². The van der Waals surface area contributed by atoms with E-state index in [0.29, 0.717) is 12.2 Å². The van der Waals surface area contributed by atoms with Crippen molar-refractivity contribution in [2.24, 2.45) is 0 Å². The van der Waals surface area contributed by atoms with Crippen molar-refractivity contribution in [3.05, 3.63) is 52.0 Å². The van der Waals surface area contributed by atoms with E-state index in [1.54, 1.807) is 40.6 Å². The van der Waals surface area contributed by atoms with Crippen molar-refractivity contribution in [2.45, 2.75) is 12.5 Å². The fourth-order valence-electron chi connectivity index (χ4n) is 2.54. The van der Waals surface area contributed by atoms with Crippen LogP contribution in [0.1, 0.15) is 27.0 Å². The number of carbonyl (C=O) groups excluding carboxylic acids is 2. The van der Waals surface area contributed by atoms with Crippen molar-refractivity contribution in [1.29, 1.82) is 0 Å². The van der Waals surface area contributed by atoms with E-state index in [-0.39, 0.29) is 5.91 Å². The molecule has 1 atom stereocenters. The summed E-state index contributed by atoms with van der Waals surface area (Å²) < 4.78 is 4.88. The van der Waals surface area contributed by atoms with Crippen LogP contribution in [0, 0.1) is 0 Å². The maximum Gasteiger partial charge on any atom is 0.333 e. The third kappa shape index (κ3) is 2.42. The molecule has 0 saturated carbocycles. The topological polar surface area (TPSA) is 59.5 Å². The average Bonchev–Trinajstić information content (AvgIpc) is 3.01. The molecule has 0 aromatic carbocycles. The zero-order chi connectivity index (χ0) is 14.8. The molecular weight excluding hydrogens is 288 g/mol. The Morgan fingerprint density at radius 3 is 2.95 bits per heavy atom. The molecule has 2 aromatic heterocycles. The number of aromatic nitrogens is 1. The fourth-order valence-corrected chi connectivity index (χ4v) is 3.44. The molecule has 0 saturated heterocycles. The second-order valence-electron chi connectivity index (χ2n) is 4.69. The lowest BCUT2D eigenvalue weighted by molar-refractivity contribution is -0.146. The number of hydrogen-bond acceptors (Lipinski definition) is 5. The molecule has 1 aliphatic heterocycles. The van der Waals surface area contributed by atoms with Crippen molar-refractivity contribution < 1.29 is 14.3 Å². The van der Waals surface area contributed by atoms with Gasteiger partial charge >= 0.3 is 5.97 Å². The van der Waals surface area contributed by atoms with Crippen molar-refractivity contribution in [2.75, 3.05) is 13.7 Å². The van der Waals surface area contributed by atoms with Crippen LogP contribution in [-0.4, -0.2) is 35.4 Å². The zero-order valence-electron chi connectivity index (χ0n) is 11.5. The van der Waals surface area contributed by atoms with E-state index in [0.717, 1.165) is 16.9 Å². The largest absolute Gasteiger partial charge is 0.467 e. The van der Waals surface area contributed by atoms with E-state index in [9.17, 15) is 9.59 Å². The van der Waals surface area contributed by atoms with Gasteiger partial charge in [-0.05, 0) is 35.6 Å². The Morgan fingerprint density at radius 2 is 2.24 bits per heavy atom. The number of pyridine rings is 1. The number of rotatable bonds is 2. The Labute approximate surface area is 126 Å². The van der Waals surface area contributed by atoms with E-state index in [1.807, 2.05) is 11.4 Å². The predicted molar refractivity (Wildman–Crippen MR) is 78.1 cm³/mol. The zero-order valence-corrected chi connectivity index (χ0v) is 12.3. The summed E-state index contributed by atoms with van der Waals surface area (Å²) in [6.07, 6.45) is 2.32. The normalized spacial score (nSPS) is 17.2. The first kappa shape index (κ1) is 13.8. The number of thiophene rings is 1. The molecule has 0 N–H and O–H groups in total. The molecule has 21 heavy (non-hydrogen) atoms. The molecule has 108 valence electrons. The highest BCUT2D eigenvalue weighted by molar-refractivity contribution is 7.10. The fraction of sp³-hybridized carbons (Fsp3) is 0.267. The molecule has 3 heterocycles. The summed E-state index contributed by atoms with van der Waals surface area (Å²) >= 11 is 1.61. The minimum atomic E-state index is -0.681. The Balaban J connectivity index is 1.98. The molecule has 3 rings (SSSR count). The lowest BCUT2D eigenvalue weighted by Gasteiger charge is -2.33. The number of amides is 1. The van der Waals surface area contributed by atoms with Crippen molar-refractivity contribution in [3.63, 3.8) is 0 Å². The molecule has 0 spiro atoms. The Hall–Kier alpha value is -2.21. The first-order valence-corrected chi connectivity index (χ1v) is 7.46. The van der Waals surface area contributed by atoms with Gasteiger partial charge in [-0.25, -0.2) is 4.79 Å². The Bertz CT molecular complexity index is 669. The van der Waals surface area contributed by atoms with Crippen LogP contribution in [0.15, 0.2) is 35.8 Å². The lowest BCUT2D eigenvalue weighted by Crippen LogP contribution is -2.43. The van der Waals surface area contributed by atoms with Gasteiger partial charge in [0.2, 0.25) is 0 Å². The molecule has 0 fully saturated rings. The van der Waals surface area contributed by atoms with Gasteiger partial charge < -0.3 is 9.64 Å². The molecule has 0 aliphatic carbocycles. The monoisotopic (exact) mass is 302 g/mol. The van der Waals surface area contributed by atoms with Gasteiger partial charge in [0.15, 0.2) is 6.04 Å². The third-order valence-electron chi connectivity index (χ3n) is 3.54. The van der Waals surface area contributed by atoms with Gasteiger partial charge in [0, 0.05) is 17.6 Å². The summed E-state index contributed by atoms with van der Waals surface area (Å²) in [6, 6.07) is 6.37. The van der Waals surface area contributed by atoms with E-state index in [4.69, 9.17) is 4.74 Å². The van der Waals surface area contributed by atoms with Crippen molar-refractivity contribution in [3.8, 4) is 0 Å². The van der Waals surface area contributed by atoms with Crippen LogP contribution in [0.5, 0.6) is 0 Å². The summed E-state index contributed by atoms with van der Waals surface area (Å²) in [6.45, 7) is 0.489. The van der Waals surface area contributed by atoms with Gasteiger partial charge in [0.1, 0.15) is 5.69 Å². The first-order chi connectivity index (χ1) is 10.2. The highest BCUT2D eigenvalue weighted by Crippen LogP contribution is 2.34. The standard InChI is InChI=1S/C15H14N2O3S/c1-20-15(19)13-10-6-9-21-12(10)5-8-17(13)14(18)11-4-2-3-7-16-11/h2-4,6-7,9,13H,5,8H2,1H3. The highest BCUT2D eigenvalue weighted by Gasteiger charge is 2.38. The first-order valence-electron chi connectivity index (χ1n) is 6.58. The number of fused-ring (bicyclic) bond motifs is 1. The Kier molecular flexibility index (Phi) is 3.70. The highest BCUT2D eigenvalue weighted by atomic mass is 32.1. The lowest BCUT2D eigenvalue weighted by atomic mass is 9.99. The van der Waals surface area contributed by atoms with Gasteiger partial charge in [-0.2, -0.15) is 0 Å². The minimum Gasteiger partial charge on any atom is -0.467 e. The summed E-state index contributed by atoms with van der Waals surface area (Å²) in [5.74, 6) is -0.665. The average molecular weight is 302 g/mol. The molecular formula is C15H14N2O3S. The number of nitrogens with zero attached hydrogens (tertiary/aromatic N) is 2. The van der Waals surface area contributed by atoms with Crippen LogP contribution >= 0.6 is 11.3 Å². The molecule has 0 bridgehead atoms. The van der Waals surface area contributed by atoms with Gasteiger partial charge in [-0.15, -0.1) is 11.3 Å². The second-order valence-corrected chi connectivity index (χ2v) is 5.69. The van der Waals surface area contributed by atoms with Crippen LogP contribution in [0.2, 0.25) is 0 Å². The molecule has 5 nitrogen and oxygen atoms in total. The van der Waals surface area contributed by atoms with E-state index < -0.39 is 12.0 Å². The van der Waals surface area contributed by atoms with Gasteiger partial charge in [-0.1, -0.05) is 6.07 Å². The van der Waals surface area contributed by atoms with E-state index >= 15 is 0 Å². The Morgan fingerprint density at radius 1 is 1.38 bits per heavy atom. The molecule has 1 amide bonds. The summed E-state index contributed by atoms with van der Waals surface area (Å²) in [7, 11) is 1.34. The predicted octanol–water partition coefficient (Wildman–Crippen LogP) is 2.06. The smallest absolute Gasteiger partial charge is 0.333 e. The molecule has 1 aliphatic rings. The van der Waals surface area contributed by atoms with Crippen LogP contribution in [0.3, 0.4) is 0 Å². The van der Waals surface area contributed by atoms with Crippen molar-refractivity contribution in [1.82, 2.24) is 9.88 Å². The van der Waals surface area contributed by atoms with Gasteiger partial charge in [0.05, 0.1) is 7.11 Å². The summed E-state index contributed by atoms with van der Waals surface area (Å²) in [5, 5.41) is 1.94. The second kappa shape index (κ2) is 5.65. The maximum atomic E-state index is 12.6. The van der Waals surface area contributed by atoms with Crippen LogP contribution in [0.4, 0.5) is 0 Å². The SMILES string of the molecule is COC(=O)C1c2ccsc2CCN1C(=O)c1ccccn1. The quantitative estimate of drug-likeness (QED) is 0.797. The number of carbonyl (C=O) groups is 2. The number of hydrogen-bond donors (Lipinski definition) is 0. The summed E-state index contributed by atoms with van der Waals surface area (Å²) in [5.41, 5.74) is 1.20. The van der Waals surface area contributed by atoms with Gasteiger partial charge in [0.25, 0.3) is 5.91 Å². The number of ether oxygens (including phenoxy) is 1. The molecule has 0 radical (unpaired) electrons. The van der Waals surface area contributed by atoms with Gasteiger partial charge in [-0.3, -0.25) is 9.78 Å². The molecule has 2 aromatic rings. The minimum absolute atomic E-state index is 0.247. The summed E-state index contributed by atoms with van der Waals surface area (Å²) in [4.78, 5) is 31.5. The molecule has 1 unspecified atom stereocenters. The van der Waals surface area contributed by atoms with Crippen molar-refractivity contribution >= 4 is 23.2 Å². The molecule has 6 heteroatoms. The maximum absolute atomic E-state index is 12.6. The number of methoxy groups -OCH3 is 1. The third-order valence-corrected chi connectivity index (χ3v) is 4.53. The van der Waals surface area contributed by atoms with Crippen LogP contribution in [0.25, 0.3) is 0 Å². The number of esters is 1. The van der Waals surface area contributed by atoms with E-state index in [1.165, 1.54) is 7.11 Å².